The van der Waals surface area contributed by atoms with Crippen LogP contribution in [0.25, 0.3) is 21.3 Å². The lowest BCUT2D eigenvalue weighted by molar-refractivity contribution is -0.171. The van der Waals surface area contributed by atoms with Crippen LogP contribution in [0.15, 0.2) is 40.5 Å². The molecule has 7 rings (SSSR count). The molecule has 4 aliphatic rings. The first-order valence-electron chi connectivity index (χ1n) is 10.9. The predicted molar refractivity (Wildman–Crippen MR) is 121 cm³/mol. The number of fused-ring (bicyclic) bond motifs is 1. The van der Waals surface area contributed by atoms with Crippen molar-refractivity contribution >= 4 is 39.1 Å². The summed E-state index contributed by atoms with van der Waals surface area (Å²) in [5, 5.41) is 2.53. The van der Waals surface area contributed by atoms with Crippen molar-refractivity contribution in [1.82, 2.24) is 9.97 Å². The number of carbonyl (C=O) groups excluding carboxylic acids is 1. The summed E-state index contributed by atoms with van der Waals surface area (Å²) in [5.41, 5.74) is 1.20. The number of aromatic amines is 1. The average Bonchev–Trinajstić information content (AvgIpc) is 3.15. The Labute approximate surface area is 188 Å². The van der Waals surface area contributed by atoms with Crippen molar-refractivity contribution in [3.63, 3.8) is 0 Å². The third-order valence-corrected chi connectivity index (χ3v) is 8.65. The first-order valence-corrected chi connectivity index (χ1v) is 12.1. The zero-order valence-corrected chi connectivity index (χ0v) is 18.6. The molecular formula is C24H23ClN2O3S. The maximum atomic E-state index is 13.2. The van der Waals surface area contributed by atoms with Crippen LogP contribution in [-0.4, -0.2) is 20.8 Å². The smallest absolute Gasteiger partial charge is 0.312 e. The number of esters is 1. The summed E-state index contributed by atoms with van der Waals surface area (Å²) in [7, 11) is 0. The van der Waals surface area contributed by atoms with E-state index in [1.807, 2.05) is 35.7 Å². The number of thiophene rings is 1. The summed E-state index contributed by atoms with van der Waals surface area (Å²) in [6, 6.07) is 9.80. The first kappa shape index (κ1) is 19.5. The van der Waals surface area contributed by atoms with E-state index in [4.69, 9.17) is 16.3 Å². The highest BCUT2D eigenvalue weighted by molar-refractivity contribution is 7.17. The SMILES string of the molecule is O=C(OCc1nc2scc(-c3ccccc3)c2c(=O)[nH]1)C12C[C@@H]3C[C@H](CC(Cl)(C3)C1)C2. The van der Waals surface area contributed by atoms with Crippen LogP contribution in [0, 0.1) is 17.3 Å². The van der Waals surface area contributed by atoms with E-state index < -0.39 is 5.41 Å². The van der Waals surface area contributed by atoms with Gasteiger partial charge in [0.1, 0.15) is 17.3 Å². The van der Waals surface area contributed by atoms with Crippen molar-refractivity contribution in [1.29, 1.82) is 0 Å². The Morgan fingerprint density at radius 1 is 1.19 bits per heavy atom. The maximum absolute atomic E-state index is 13.2. The first-order chi connectivity index (χ1) is 14.9. The number of benzene rings is 1. The normalized spacial score (nSPS) is 31.3. The third-order valence-electron chi connectivity index (χ3n) is 7.34. The van der Waals surface area contributed by atoms with Crippen molar-refractivity contribution in [3.05, 3.63) is 51.9 Å². The van der Waals surface area contributed by atoms with Gasteiger partial charge in [-0.3, -0.25) is 9.59 Å². The summed E-state index contributed by atoms with van der Waals surface area (Å²) in [6.07, 6.45) is 5.71. The van der Waals surface area contributed by atoms with Crippen molar-refractivity contribution in [2.45, 2.75) is 50.0 Å². The minimum absolute atomic E-state index is 0.0189. The molecule has 4 bridgehead atoms. The number of rotatable bonds is 4. The quantitative estimate of drug-likeness (QED) is 0.430. The molecule has 160 valence electrons. The third kappa shape index (κ3) is 3.23. The minimum Gasteiger partial charge on any atom is -0.457 e. The van der Waals surface area contributed by atoms with Gasteiger partial charge in [-0.1, -0.05) is 30.3 Å². The van der Waals surface area contributed by atoms with Gasteiger partial charge < -0.3 is 9.72 Å². The lowest BCUT2D eigenvalue weighted by Gasteiger charge is -2.58. The van der Waals surface area contributed by atoms with Gasteiger partial charge in [-0.2, -0.15) is 0 Å². The molecule has 7 heteroatoms. The second kappa shape index (κ2) is 6.91. The molecule has 1 N–H and O–H groups in total. The van der Waals surface area contributed by atoms with Gasteiger partial charge in [0, 0.05) is 15.8 Å². The second-order valence-corrected chi connectivity index (χ2v) is 11.3. The molecule has 2 heterocycles. The topological polar surface area (TPSA) is 72.0 Å². The number of aromatic nitrogens is 2. The Balaban J connectivity index is 1.24. The molecule has 4 fully saturated rings. The molecule has 0 aliphatic heterocycles. The van der Waals surface area contributed by atoms with Crippen molar-refractivity contribution in [2.75, 3.05) is 0 Å². The Kier molecular flexibility index (Phi) is 4.35. The number of hydrogen-bond acceptors (Lipinski definition) is 5. The number of ether oxygens (including phenoxy) is 1. The number of halogens is 1. The van der Waals surface area contributed by atoms with Crippen LogP contribution in [0.5, 0.6) is 0 Å². The molecule has 2 aromatic heterocycles. The Morgan fingerprint density at radius 3 is 2.65 bits per heavy atom. The molecule has 4 aliphatic carbocycles. The van der Waals surface area contributed by atoms with Gasteiger partial charge >= 0.3 is 5.97 Å². The zero-order valence-electron chi connectivity index (χ0n) is 17.0. The highest BCUT2D eigenvalue weighted by atomic mass is 35.5. The summed E-state index contributed by atoms with van der Waals surface area (Å²) in [5.74, 6) is 1.27. The van der Waals surface area contributed by atoms with Gasteiger partial charge in [-0.25, -0.2) is 4.98 Å². The van der Waals surface area contributed by atoms with E-state index in [0.717, 1.165) is 36.8 Å². The van der Waals surface area contributed by atoms with Crippen LogP contribution in [0.2, 0.25) is 0 Å². The Bertz CT molecular complexity index is 1220. The molecule has 5 nitrogen and oxygen atoms in total. The van der Waals surface area contributed by atoms with Gasteiger partial charge in [0.2, 0.25) is 0 Å². The number of alkyl halides is 1. The number of carbonyl (C=O) groups is 1. The summed E-state index contributed by atoms with van der Waals surface area (Å²) < 4.78 is 5.73. The summed E-state index contributed by atoms with van der Waals surface area (Å²) in [6.45, 7) is -0.0189. The van der Waals surface area contributed by atoms with Gasteiger partial charge in [0.05, 0.1) is 10.8 Å². The second-order valence-electron chi connectivity index (χ2n) is 9.68. The molecule has 3 aromatic rings. The van der Waals surface area contributed by atoms with Crippen LogP contribution in [0.4, 0.5) is 0 Å². The maximum Gasteiger partial charge on any atom is 0.312 e. The number of nitrogens with zero attached hydrogens (tertiary/aromatic N) is 1. The van der Waals surface area contributed by atoms with E-state index in [0.29, 0.717) is 34.3 Å². The fourth-order valence-corrected chi connectivity index (χ4v) is 8.23. The van der Waals surface area contributed by atoms with Crippen LogP contribution in [0.3, 0.4) is 0 Å². The van der Waals surface area contributed by atoms with Crippen molar-refractivity contribution < 1.29 is 9.53 Å². The van der Waals surface area contributed by atoms with E-state index in [9.17, 15) is 9.59 Å². The van der Waals surface area contributed by atoms with E-state index in [1.54, 1.807) is 0 Å². The van der Waals surface area contributed by atoms with Crippen LogP contribution in [0.1, 0.15) is 44.3 Å². The standard InChI is InChI=1S/C24H23ClN2O3S/c25-24-9-14-6-15(10-24)8-23(7-14,13-24)22(29)30-11-18-26-20(28)19-17(12-31-21(19)27-18)16-4-2-1-3-5-16/h1-5,12,14-15H,6-11,13H2,(H,26,27,28)/t14-,15-,23?,24?/m0/s1. The van der Waals surface area contributed by atoms with Gasteiger partial charge in [0.15, 0.2) is 0 Å². The monoisotopic (exact) mass is 454 g/mol. The molecular weight excluding hydrogens is 432 g/mol. The van der Waals surface area contributed by atoms with E-state index in [2.05, 4.69) is 9.97 Å². The molecule has 0 unspecified atom stereocenters. The minimum atomic E-state index is -0.459. The summed E-state index contributed by atoms with van der Waals surface area (Å²) >= 11 is 8.28. The van der Waals surface area contributed by atoms with Crippen LogP contribution < -0.4 is 5.56 Å². The molecule has 0 radical (unpaired) electrons. The molecule has 2 atom stereocenters. The lowest BCUT2D eigenvalue weighted by atomic mass is 9.49. The van der Waals surface area contributed by atoms with E-state index in [-0.39, 0.29) is 23.0 Å². The van der Waals surface area contributed by atoms with Gasteiger partial charge in [-0.15, -0.1) is 22.9 Å². The van der Waals surface area contributed by atoms with E-state index in [1.165, 1.54) is 17.8 Å². The Hall–Kier alpha value is -2.18. The lowest BCUT2D eigenvalue weighted by Crippen LogP contribution is -2.56. The fourth-order valence-electron chi connectivity index (χ4n) is 6.57. The van der Waals surface area contributed by atoms with Gasteiger partial charge in [-0.05, 0) is 55.9 Å². The molecule has 0 saturated heterocycles. The highest BCUT2D eigenvalue weighted by Crippen LogP contribution is 2.64. The number of hydrogen-bond donors (Lipinski definition) is 1. The highest BCUT2D eigenvalue weighted by Gasteiger charge is 2.60. The molecule has 0 amide bonds. The molecule has 1 aromatic carbocycles. The van der Waals surface area contributed by atoms with Crippen LogP contribution in [-0.2, 0) is 16.1 Å². The largest absolute Gasteiger partial charge is 0.457 e. The number of H-pyrrole nitrogens is 1. The molecule has 4 saturated carbocycles. The zero-order chi connectivity index (χ0) is 21.2. The molecule has 0 spiro atoms. The predicted octanol–water partition coefficient (Wildman–Crippen LogP) is 5.27. The average molecular weight is 455 g/mol. The molecule has 31 heavy (non-hydrogen) atoms. The Morgan fingerprint density at radius 2 is 1.94 bits per heavy atom. The number of nitrogens with one attached hydrogen (secondary N) is 1. The van der Waals surface area contributed by atoms with Gasteiger partial charge in [0.25, 0.3) is 5.56 Å². The van der Waals surface area contributed by atoms with E-state index >= 15 is 0 Å². The van der Waals surface area contributed by atoms with Crippen molar-refractivity contribution in [2.24, 2.45) is 17.3 Å². The fraction of sp³-hybridized carbons (Fsp3) is 0.458. The van der Waals surface area contributed by atoms with Crippen molar-refractivity contribution in [3.8, 4) is 11.1 Å². The van der Waals surface area contributed by atoms with Crippen LogP contribution >= 0.6 is 22.9 Å². The summed E-state index contributed by atoms with van der Waals surface area (Å²) in [4.78, 5) is 33.8.